The number of hydrogen-bond acceptors (Lipinski definition) is 6. The Kier molecular flexibility index (Phi) is 40.9. The predicted molar refractivity (Wildman–Crippen MR) is 235 cm³/mol. The van der Waals surface area contributed by atoms with Gasteiger partial charge in [0.25, 0.3) is 0 Å². The monoisotopic (exact) mass is 795 g/mol. The number of hydrogen-bond donors (Lipinski definition) is 4. The van der Waals surface area contributed by atoms with E-state index < -0.39 is 20.0 Å². The molecule has 0 bridgehead atoms. The molecule has 0 spiro atoms. The fraction of sp³-hybridized carbons (Fsp3) is 0.804. The number of carbonyl (C=O) groups excluding carboxylic acids is 1. The van der Waals surface area contributed by atoms with Crippen molar-refractivity contribution in [3.63, 3.8) is 0 Å². The molecule has 3 atom stereocenters. The van der Waals surface area contributed by atoms with Crippen LogP contribution in [-0.2, 0) is 18.4 Å². The standard InChI is InChI=1S/C46H87N2O6P/c1-3-5-7-9-11-13-15-17-19-20-21-22-23-24-26-28-30-32-34-36-38-40-46(50)48-44(43-54-55(51,52)53-42-41-47)45(49)39-37-35-33-31-29-27-25-18-16-14-12-10-8-6-4-2/h15,17,20-21,29,31,37,39,44-45,49H,3-14,16,18-19,22-28,30,32-36,38,40-43,47H2,1-2H3,(H,48,50)(H,51,52)/b17-15-,21-20-,31-29+,39-37+. The lowest BCUT2D eigenvalue weighted by molar-refractivity contribution is -0.123. The first-order chi connectivity index (χ1) is 26.9. The summed E-state index contributed by atoms with van der Waals surface area (Å²) in [6.45, 7) is 4.10. The highest BCUT2D eigenvalue weighted by Gasteiger charge is 2.26. The number of nitrogens with one attached hydrogen (secondary N) is 1. The van der Waals surface area contributed by atoms with Crippen LogP contribution >= 0.6 is 7.82 Å². The molecule has 0 fully saturated rings. The molecule has 0 aliphatic carbocycles. The molecule has 0 heterocycles. The number of allylic oxidation sites excluding steroid dienone is 7. The molecule has 8 nitrogen and oxygen atoms in total. The Bertz CT molecular complexity index is 1000. The molecule has 0 aromatic rings. The fourth-order valence-electron chi connectivity index (χ4n) is 6.41. The molecule has 0 rings (SSSR count). The van der Waals surface area contributed by atoms with Crippen LogP contribution < -0.4 is 11.1 Å². The SMILES string of the molecule is CCCCCCC/C=C\C/C=C\CCCCCCCCCCCC(=O)NC(COP(=O)(O)OCCN)C(O)/C=C/CC/C=C/CCCCCCCCCCC. The number of aliphatic hydroxyl groups excluding tert-OH is 1. The minimum absolute atomic E-state index is 0.0721. The minimum atomic E-state index is -4.35. The van der Waals surface area contributed by atoms with E-state index in [4.69, 9.17) is 14.8 Å². The van der Waals surface area contributed by atoms with Crippen molar-refractivity contribution in [3.05, 3.63) is 48.6 Å². The van der Waals surface area contributed by atoms with E-state index in [-0.39, 0.29) is 25.7 Å². The Morgan fingerprint density at radius 2 is 1.02 bits per heavy atom. The summed E-state index contributed by atoms with van der Waals surface area (Å²) in [6, 6.07) is -0.880. The first kappa shape index (κ1) is 53.5. The van der Waals surface area contributed by atoms with Gasteiger partial charge in [-0.25, -0.2) is 4.57 Å². The summed E-state index contributed by atoms with van der Waals surface area (Å²) in [7, 11) is -4.35. The van der Waals surface area contributed by atoms with Gasteiger partial charge in [-0.05, 0) is 64.2 Å². The molecule has 0 aromatic carbocycles. The first-order valence-electron chi connectivity index (χ1n) is 22.8. The van der Waals surface area contributed by atoms with Gasteiger partial charge in [-0.15, -0.1) is 0 Å². The van der Waals surface area contributed by atoms with E-state index in [1.165, 1.54) is 141 Å². The van der Waals surface area contributed by atoms with Gasteiger partial charge in [0, 0.05) is 13.0 Å². The van der Waals surface area contributed by atoms with E-state index in [2.05, 4.69) is 55.6 Å². The van der Waals surface area contributed by atoms with E-state index in [1.54, 1.807) is 6.08 Å². The number of carbonyl (C=O) groups is 1. The maximum atomic E-state index is 12.8. The highest BCUT2D eigenvalue weighted by atomic mass is 31.2. The average molecular weight is 795 g/mol. The van der Waals surface area contributed by atoms with Crippen LogP contribution in [0, 0.1) is 0 Å². The van der Waals surface area contributed by atoms with Gasteiger partial charge >= 0.3 is 7.82 Å². The summed E-state index contributed by atoms with van der Waals surface area (Å²) in [6.07, 6.45) is 51.6. The Morgan fingerprint density at radius 1 is 0.600 bits per heavy atom. The number of phosphoric ester groups is 1. The minimum Gasteiger partial charge on any atom is -0.387 e. The number of phosphoric acid groups is 1. The zero-order valence-electron chi connectivity index (χ0n) is 35.7. The van der Waals surface area contributed by atoms with E-state index in [0.717, 1.165) is 44.9 Å². The third kappa shape index (κ3) is 40.5. The number of rotatable bonds is 42. The van der Waals surface area contributed by atoms with Gasteiger partial charge in [0.1, 0.15) is 0 Å². The number of aliphatic hydroxyl groups is 1. The van der Waals surface area contributed by atoms with Gasteiger partial charge < -0.3 is 21.1 Å². The van der Waals surface area contributed by atoms with Gasteiger partial charge in [-0.3, -0.25) is 13.8 Å². The summed E-state index contributed by atoms with van der Waals surface area (Å²) < 4.78 is 22.1. The van der Waals surface area contributed by atoms with Crippen molar-refractivity contribution in [1.29, 1.82) is 0 Å². The zero-order chi connectivity index (χ0) is 40.3. The third-order valence-electron chi connectivity index (χ3n) is 9.88. The second-order valence-corrected chi connectivity index (χ2v) is 16.7. The van der Waals surface area contributed by atoms with Gasteiger partial charge in [0.2, 0.25) is 5.91 Å². The number of nitrogens with two attached hydrogens (primary N) is 1. The molecule has 0 aliphatic heterocycles. The van der Waals surface area contributed by atoms with Crippen LogP contribution in [0.3, 0.4) is 0 Å². The zero-order valence-corrected chi connectivity index (χ0v) is 36.6. The highest BCUT2D eigenvalue weighted by Crippen LogP contribution is 2.43. The maximum absolute atomic E-state index is 12.8. The molecule has 0 aromatic heterocycles. The van der Waals surface area contributed by atoms with Crippen LogP contribution in [-0.4, -0.2) is 47.8 Å². The summed E-state index contributed by atoms with van der Waals surface area (Å²) in [5.41, 5.74) is 5.37. The Labute approximate surface area is 339 Å². The van der Waals surface area contributed by atoms with Crippen LogP contribution in [0.15, 0.2) is 48.6 Å². The molecule has 5 N–H and O–H groups in total. The van der Waals surface area contributed by atoms with Crippen molar-refractivity contribution in [3.8, 4) is 0 Å². The molecule has 0 saturated carbocycles. The molecule has 0 aliphatic rings. The van der Waals surface area contributed by atoms with E-state index in [0.29, 0.717) is 6.42 Å². The van der Waals surface area contributed by atoms with Crippen LogP contribution in [0.5, 0.6) is 0 Å². The molecule has 0 radical (unpaired) electrons. The largest absolute Gasteiger partial charge is 0.472 e. The lowest BCUT2D eigenvalue weighted by atomic mass is 10.1. The van der Waals surface area contributed by atoms with Gasteiger partial charge in [0.15, 0.2) is 0 Å². The van der Waals surface area contributed by atoms with E-state index >= 15 is 0 Å². The molecule has 3 unspecified atom stereocenters. The molecule has 1 amide bonds. The Balaban J connectivity index is 4.21. The molecule has 322 valence electrons. The average Bonchev–Trinajstić information content (AvgIpc) is 3.17. The van der Waals surface area contributed by atoms with Crippen LogP contribution in [0.25, 0.3) is 0 Å². The van der Waals surface area contributed by atoms with Crippen molar-refractivity contribution < 1.29 is 28.4 Å². The molecule has 9 heteroatoms. The first-order valence-corrected chi connectivity index (χ1v) is 24.3. The topological polar surface area (TPSA) is 131 Å². The predicted octanol–water partition coefficient (Wildman–Crippen LogP) is 12.9. The van der Waals surface area contributed by atoms with Crippen molar-refractivity contribution in [1.82, 2.24) is 5.32 Å². The quantitative estimate of drug-likeness (QED) is 0.0275. The second kappa shape index (κ2) is 42.1. The lowest BCUT2D eigenvalue weighted by Gasteiger charge is -2.23. The van der Waals surface area contributed by atoms with Crippen LogP contribution in [0.4, 0.5) is 0 Å². The van der Waals surface area contributed by atoms with Crippen LogP contribution in [0.2, 0.25) is 0 Å². The molecule has 55 heavy (non-hydrogen) atoms. The van der Waals surface area contributed by atoms with Gasteiger partial charge in [-0.2, -0.15) is 0 Å². The summed E-state index contributed by atoms with van der Waals surface area (Å²) in [4.78, 5) is 22.7. The second-order valence-electron chi connectivity index (χ2n) is 15.2. The summed E-state index contributed by atoms with van der Waals surface area (Å²) in [5, 5.41) is 13.7. The smallest absolute Gasteiger partial charge is 0.387 e. The highest BCUT2D eigenvalue weighted by molar-refractivity contribution is 7.47. The molecule has 0 saturated heterocycles. The third-order valence-corrected chi connectivity index (χ3v) is 10.9. The van der Waals surface area contributed by atoms with E-state index in [1.807, 2.05) is 6.08 Å². The number of unbranched alkanes of at least 4 members (excludes halogenated alkanes) is 24. The fourth-order valence-corrected chi connectivity index (χ4v) is 7.17. The Morgan fingerprint density at radius 3 is 1.51 bits per heavy atom. The van der Waals surface area contributed by atoms with Crippen molar-refractivity contribution in [2.24, 2.45) is 5.73 Å². The summed E-state index contributed by atoms with van der Waals surface area (Å²) >= 11 is 0. The van der Waals surface area contributed by atoms with Crippen LogP contribution in [0.1, 0.15) is 206 Å². The maximum Gasteiger partial charge on any atom is 0.472 e. The van der Waals surface area contributed by atoms with Crippen molar-refractivity contribution in [2.75, 3.05) is 19.8 Å². The van der Waals surface area contributed by atoms with Crippen molar-refractivity contribution in [2.45, 2.75) is 219 Å². The molecular weight excluding hydrogens is 707 g/mol. The summed E-state index contributed by atoms with van der Waals surface area (Å²) in [5.74, 6) is -0.209. The number of amides is 1. The lowest BCUT2D eigenvalue weighted by Crippen LogP contribution is -2.45. The molecular formula is C46H87N2O6P. The van der Waals surface area contributed by atoms with E-state index in [9.17, 15) is 19.4 Å². The van der Waals surface area contributed by atoms with Gasteiger partial charge in [-0.1, -0.05) is 184 Å². The normalized spacial score (nSPS) is 14.5. The van der Waals surface area contributed by atoms with Crippen molar-refractivity contribution >= 4 is 13.7 Å². The Hall–Kier alpha value is -1.54. The van der Waals surface area contributed by atoms with Gasteiger partial charge in [0.05, 0.1) is 25.4 Å².